The molecule has 0 aromatic heterocycles. The minimum absolute atomic E-state index is 0.0347. The molecular weight excluding hydrogens is 217 g/mol. The highest BCUT2D eigenvalue weighted by Gasteiger charge is 2.38. The Kier molecular flexibility index (Phi) is 5.06. The zero-order chi connectivity index (χ0) is 12.1. The van der Waals surface area contributed by atoms with Crippen LogP contribution >= 0.6 is 0 Å². The average molecular weight is 228 g/mol. The highest BCUT2D eigenvalue weighted by atomic mass is 19.4. The number of alkyl halides is 3. The van der Waals surface area contributed by atoms with E-state index in [1.54, 1.807) is 0 Å². The van der Waals surface area contributed by atoms with Crippen molar-refractivity contribution in [1.82, 2.24) is 5.32 Å². The summed E-state index contributed by atoms with van der Waals surface area (Å²) in [6, 6.07) is 0.450. The summed E-state index contributed by atoms with van der Waals surface area (Å²) < 4.78 is 31.7. The highest BCUT2D eigenvalue weighted by Crippen LogP contribution is 2.17. The van der Waals surface area contributed by atoms with E-state index < -0.39 is 12.1 Å². The van der Waals surface area contributed by atoms with E-state index in [1.165, 1.54) is 0 Å². The summed E-state index contributed by atoms with van der Waals surface area (Å²) in [5.41, 5.74) is 5.04. The summed E-state index contributed by atoms with van der Waals surface area (Å²) in [6.07, 6.45) is -2.82. The van der Waals surface area contributed by atoms with Crippen molar-refractivity contribution in [2.24, 2.45) is 5.73 Å². The van der Waals surface area contributed by atoms with Gasteiger partial charge in [0.05, 0.1) is 6.54 Å². The molecule has 0 heterocycles. The molecule has 1 amide bonds. The van der Waals surface area contributed by atoms with Gasteiger partial charge in [-0.05, 0) is 12.8 Å². The van der Waals surface area contributed by atoms with Gasteiger partial charge in [0.2, 0.25) is 5.91 Å². The molecule has 4 N–H and O–H groups in total. The van der Waals surface area contributed by atoms with Crippen LogP contribution in [-0.2, 0) is 9.59 Å². The van der Waals surface area contributed by atoms with Gasteiger partial charge in [0, 0.05) is 6.04 Å². The van der Waals surface area contributed by atoms with Crippen LogP contribution in [0.2, 0.25) is 0 Å². The molecule has 0 aliphatic heterocycles. The molecule has 88 valence electrons. The second kappa shape index (κ2) is 5.54. The van der Waals surface area contributed by atoms with Gasteiger partial charge >= 0.3 is 12.1 Å². The third-order valence-corrected chi connectivity index (χ3v) is 1.37. The number of carbonyl (C=O) groups excluding carboxylic acids is 1. The molecule has 15 heavy (non-hydrogen) atoms. The number of amides is 1. The van der Waals surface area contributed by atoms with E-state index in [0.29, 0.717) is 6.04 Å². The molecule has 0 atom stereocenters. The lowest BCUT2D eigenvalue weighted by Gasteiger charge is -1.96. The van der Waals surface area contributed by atoms with E-state index in [2.05, 4.69) is 5.32 Å². The number of carbonyl (C=O) groups is 2. The van der Waals surface area contributed by atoms with Gasteiger partial charge in [-0.3, -0.25) is 4.79 Å². The number of carboxylic acid groups (broad SMARTS) is 1. The van der Waals surface area contributed by atoms with Gasteiger partial charge in [0.15, 0.2) is 0 Å². The van der Waals surface area contributed by atoms with Crippen LogP contribution in [0.5, 0.6) is 0 Å². The number of hydrogen-bond acceptors (Lipinski definition) is 3. The molecule has 1 fully saturated rings. The van der Waals surface area contributed by atoms with Crippen molar-refractivity contribution in [3.05, 3.63) is 0 Å². The van der Waals surface area contributed by atoms with Crippen molar-refractivity contribution in [1.29, 1.82) is 0 Å². The number of rotatable bonds is 2. The van der Waals surface area contributed by atoms with Crippen LogP contribution in [0.25, 0.3) is 0 Å². The van der Waals surface area contributed by atoms with Crippen LogP contribution in [-0.4, -0.2) is 35.7 Å². The molecule has 0 saturated heterocycles. The fraction of sp³-hybridized carbons (Fsp3) is 0.714. The van der Waals surface area contributed by atoms with Crippen molar-refractivity contribution >= 4 is 11.9 Å². The van der Waals surface area contributed by atoms with Crippen molar-refractivity contribution in [3.8, 4) is 0 Å². The summed E-state index contributed by atoms with van der Waals surface area (Å²) in [4.78, 5) is 19.3. The molecule has 1 aliphatic rings. The smallest absolute Gasteiger partial charge is 0.475 e. The quantitative estimate of drug-likeness (QED) is 0.613. The largest absolute Gasteiger partial charge is 0.490 e. The van der Waals surface area contributed by atoms with Crippen molar-refractivity contribution in [2.75, 3.05) is 6.54 Å². The summed E-state index contributed by atoms with van der Waals surface area (Å²) in [6.45, 7) is 0.122. The monoisotopic (exact) mass is 228 g/mol. The maximum Gasteiger partial charge on any atom is 0.490 e. The van der Waals surface area contributed by atoms with E-state index in [-0.39, 0.29) is 12.5 Å². The summed E-state index contributed by atoms with van der Waals surface area (Å²) in [5.74, 6) is -2.79. The standard InChI is InChI=1S/C5H10N2O.C2HF3O2/c6-3-5(8)7-4-1-2-4;3-2(4,5)1(6)7/h4H,1-3,6H2,(H,7,8);(H,6,7). The lowest BCUT2D eigenvalue weighted by Crippen LogP contribution is -2.31. The maximum atomic E-state index is 10.6. The molecule has 1 saturated carbocycles. The van der Waals surface area contributed by atoms with Crippen molar-refractivity contribution in [3.63, 3.8) is 0 Å². The lowest BCUT2D eigenvalue weighted by molar-refractivity contribution is -0.192. The van der Waals surface area contributed by atoms with Gasteiger partial charge in [0.1, 0.15) is 0 Å². The van der Waals surface area contributed by atoms with E-state index >= 15 is 0 Å². The Morgan fingerprint density at radius 1 is 1.40 bits per heavy atom. The Hall–Kier alpha value is -1.31. The zero-order valence-corrected chi connectivity index (χ0v) is 7.67. The molecule has 0 aromatic rings. The lowest BCUT2D eigenvalue weighted by atomic mass is 10.5. The molecular formula is C7H11F3N2O3. The van der Waals surface area contributed by atoms with Crippen LogP contribution in [0.3, 0.4) is 0 Å². The highest BCUT2D eigenvalue weighted by molar-refractivity contribution is 5.78. The van der Waals surface area contributed by atoms with E-state index in [9.17, 15) is 18.0 Å². The predicted octanol–water partition coefficient (Wildman–Crippen LogP) is -0.143. The molecule has 5 nitrogen and oxygen atoms in total. The first-order valence-corrected chi connectivity index (χ1v) is 4.07. The number of aliphatic carboxylic acids is 1. The van der Waals surface area contributed by atoms with Crippen molar-refractivity contribution < 1.29 is 27.9 Å². The minimum Gasteiger partial charge on any atom is -0.475 e. The first kappa shape index (κ1) is 13.7. The average Bonchev–Trinajstić information content (AvgIpc) is 2.87. The molecule has 8 heteroatoms. The maximum absolute atomic E-state index is 10.6. The molecule has 0 spiro atoms. The second-order valence-electron chi connectivity index (χ2n) is 2.85. The first-order valence-electron chi connectivity index (χ1n) is 4.07. The first-order chi connectivity index (χ1) is 6.77. The fourth-order valence-corrected chi connectivity index (χ4v) is 0.514. The third kappa shape index (κ3) is 7.74. The third-order valence-electron chi connectivity index (χ3n) is 1.37. The topological polar surface area (TPSA) is 92.4 Å². The second-order valence-corrected chi connectivity index (χ2v) is 2.85. The van der Waals surface area contributed by atoms with Gasteiger partial charge in [-0.15, -0.1) is 0 Å². The Morgan fingerprint density at radius 3 is 2.00 bits per heavy atom. The van der Waals surface area contributed by atoms with Crippen LogP contribution in [0.1, 0.15) is 12.8 Å². The molecule has 0 bridgehead atoms. The number of carboxylic acids is 1. The van der Waals surface area contributed by atoms with Gasteiger partial charge in [-0.25, -0.2) is 4.79 Å². The minimum atomic E-state index is -5.08. The number of nitrogens with one attached hydrogen (secondary N) is 1. The molecule has 0 radical (unpaired) electrons. The summed E-state index contributed by atoms with van der Waals surface area (Å²) >= 11 is 0. The molecule has 1 rings (SSSR count). The number of nitrogens with two attached hydrogens (primary N) is 1. The van der Waals surface area contributed by atoms with Crippen LogP contribution in [0.4, 0.5) is 13.2 Å². The zero-order valence-electron chi connectivity index (χ0n) is 7.67. The molecule has 0 unspecified atom stereocenters. The molecule has 1 aliphatic carbocycles. The van der Waals surface area contributed by atoms with E-state index in [1.807, 2.05) is 0 Å². The predicted molar refractivity (Wildman–Crippen MR) is 43.9 cm³/mol. The number of hydrogen-bond donors (Lipinski definition) is 3. The van der Waals surface area contributed by atoms with E-state index in [4.69, 9.17) is 15.6 Å². The van der Waals surface area contributed by atoms with Crippen LogP contribution < -0.4 is 11.1 Å². The van der Waals surface area contributed by atoms with Gasteiger partial charge in [-0.1, -0.05) is 0 Å². The summed E-state index contributed by atoms with van der Waals surface area (Å²) in [5, 5.41) is 9.86. The normalized spacial score (nSPS) is 14.9. The van der Waals surface area contributed by atoms with Crippen molar-refractivity contribution in [2.45, 2.75) is 25.1 Å². The Labute approximate surface area is 83.4 Å². The van der Waals surface area contributed by atoms with Crippen LogP contribution in [0, 0.1) is 0 Å². The SMILES string of the molecule is NCC(=O)NC1CC1.O=C(O)C(F)(F)F. The van der Waals surface area contributed by atoms with Crippen LogP contribution in [0.15, 0.2) is 0 Å². The Bertz CT molecular complexity index is 238. The fourth-order valence-electron chi connectivity index (χ4n) is 0.514. The van der Waals surface area contributed by atoms with Gasteiger partial charge in [-0.2, -0.15) is 13.2 Å². The Morgan fingerprint density at radius 2 is 1.80 bits per heavy atom. The van der Waals surface area contributed by atoms with Gasteiger partial charge < -0.3 is 16.2 Å². The van der Waals surface area contributed by atoms with E-state index in [0.717, 1.165) is 12.8 Å². The summed E-state index contributed by atoms with van der Waals surface area (Å²) in [7, 11) is 0. The van der Waals surface area contributed by atoms with Gasteiger partial charge in [0.25, 0.3) is 0 Å². The molecule has 0 aromatic carbocycles. The Balaban J connectivity index is 0.000000265. The number of halogens is 3.